The molecule has 20 heavy (non-hydrogen) atoms. The van der Waals surface area contributed by atoms with Crippen LogP contribution in [0.4, 0.5) is 0 Å². The number of rotatable bonds is 5. The number of carboxylic acid groups (broad SMARTS) is 1. The fraction of sp³-hybridized carbons (Fsp3) is 0.231. The number of aromatic nitrogens is 2. The molecule has 2 aromatic rings. The topological polar surface area (TPSA) is 105 Å². The van der Waals surface area contributed by atoms with E-state index in [2.05, 4.69) is 15.3 Å². The lowest BCUT2D eigenvalue weighted by atomic mass is 10.2. The standard InChI is InChI=1S/C13H13N3O4/c1-2-9-6-15-11(20-9)7-16-12(17)10-4-3-8(5-14-10)13(18)19/h3-6H,2,7H2,1H3,(H,16,17)(H,18,19). The number of nitrogens with zero attached hydrogens (tertiary/aromatic N) is 2. The second-order valence-electron chi connectivity index (χ2n) is 3.99. The smallest absolute Gasteiger partial charge is 0.337 e. The minimum absolute atomic E-state index is 0.0295. The summed E-state index contributed by atoms with van der Waals surface area (Å²) in [4.78, 5) is 30.2. The first-order valence-corrected chi connectivity index (χ1v) is 6.01. The molecule has 0 aliphatic carbocycles. The van der Waals surface area contributed by atoms with Crippen LogP contribution in [0.15, 0.2) is 28.9 Å². The van der Waals surface area contributed by atoms with Gasteiger partial charge in [0.2, 0.25) is 5.89 Å². The van der Waals surface area contributed by atoms with Crippen LogP contribution in [0.25, 0.3) is 0 Å². The molecule has 2 heterocycles. The van der Waals surface area contributed by atoms with Crippen LogP contribution >= 0.6 is 0 Å². The van der Waals surface area contributed by atoms with E-state index < -0.39 is 11.9 Å². The molecule has 0 saturated carbocycles. The van der Waals surface area contributed by atoms with Gasteiger partial charge in [-0.1, -0.05) is 6.92 Å². The van der Waals surface area contributed by atoms with Crippen molar-refractivity contribution in [1.29, 1.82) is 0 Å². The number of oxazole rings is 1. The highest BCUT2D eigenvalue weighted by Crippen LogP contribution is 2.05. The minimum Gasteiger partial charge on any atom is -0.478 e. The molecule has 7 heteroatoms. The third-order valence-corrected chi connectivity index (χ3v) is 2.59. The predicted molar refractivity (Wildman–Crippen MR) is 68.2 cm³/mol. The largest absolute Gasteiger partial charge is 0.478 e. The van der Waals surface area contributed by atoms with Gasteiger partial charge >= 0.3 is 5.97 Å². The van der Waals surface area contributed by atoms with Gasteiger partial charge in [-0.2, -0.15) is 0 Å². The molecular weight excluding hydrogens is 262 g/mol. The average molecular weight is 275 g/mol. The van der Waals surface area contributed by atoms with E-state index in [-0.39, 0.29) is 17.8 Å². The van der Waals surface area contributed by atoms with E-state index in [0.717, 1.165) is 18.4 Å². The molecule has 2 rings (SSSR count). The van der Waals surface area contributed by atoms with E-state index in [1.165, 1.54) is 12.1 Å². The van der Waals surface area contributed by atoms with Crippen LogP contribution in [0, 0.1) is 0 Å². The Kier molecular flexibility index (Phi) is 4.09. The maximum Gasteiger partial charge on any atom is 0.337 e. The fourth-order valence-corrected chi connectivity index (χ4v) is 1.49. The van der Waals surface area contributed by atoms with Crippen LogP contribution in [0.5, 0.6) is 0 Å². The van der Waals surface area contributed by atoms with Gasteiger partial charge in [-0.25, -0.2) is 9.78 Å². The Morgan fingerprint density at radius 2 is 2.10 bits per heavy atom. The Morgan fingerprint density at radius 3 is 2.65 bits per heavy atom. The van der Waals surface area contributed by atoms with Crippen molar-refractivity contribution >= 4 is 11.9 Å². The zero-order valence-electron chi connectivity index (χ0n) is 10.8. The molecule has 2 aromatic heterocycles. The molecule has 0 saturated heterocycles. The number of carbonyl (C=O) groups excluding carboxylic acids is 1. The Morgan fingerprint density at radius 1 is 1.30 bits per heavy atom. The second-order valence-corrected chi connectivity index (χ2v) is 3.99. The molecule has 0 spiro atoms. The zero-order valence-corrected chi connectivity index (χ0v) is 10.8. The quantitative estimate of drug-likeness (QED) is 0.851. The first-order chi connectivity index (χ1) is 9.60. The highest BCUT2D eigenvalue weighted by molar-refractivity contribution is 5.93. The van der Waals surface area contributed by atoms with Crippen molar-refractivity contribution in [2.75, 3.05) is 0 Å². The van der Waals surface area contributed by atoms with Gasteiger partial charge in [0.05, 0.1) is 18.3 Å². The van der Waals surface area contributed by atoms with Gasteiger partial charge in [-0.05, 0) is 12.1 Å². The molecule has 0 fully saturated rings. The van der Waals surface area contributed by atoms with E-state index in [0.29, 0.717) is 5.89 Å². The average Bonchev–Trinajstić information content (AvgIpc) is 2.93. The first-order valence-electron chi connectivity index (χ1n) is 6.01. The molecule has 0 unspecified atom stereocenters. The summed E-state index contributed by atoms with van der Waals surface area (Å²) in [5.74, 6) is -0.343. The number of carbonyl (C=O) groups is 2. The van der Waals surface area contributed by atoms with E-state index >= 15 is 0 Å². The number of hydrogen-bond acceptors (Lipinski definition) is 5. The Labute approximate surface area is 114 Å². The van der Waals surface area contributed by atoms with Gasteiger partial charge in [0, 0.05) is 12.6 Å². The summed E-state index contributed by atoms with van der Waals surface area (Å²) in [7, 11) is 0. The van der Waals surface area contributed by atoms with Gasteiger partial charge < -0.3 is 14.8 Å². The van der Waals surface area contributed by atoms with Gasteiger partial charge in [0.15, 0.2) is 0 Å². The summed E-state index contributed by atoms with van der Waals surface area (Å²) >= 11 is 0. The summed E-state index contributed by atoms with van der Waals surface area (Å²) in [6, 6.07) is 2.68. The Hall–Kier alpha value is -2.70. The van der Waals surface area contributed by atoms with Gasteiger partial charge in [-0.3, -0.25) is 9.78 Å². The van der Waals surface area contributed by atoms with Crippen molar-refractivity contribution in [3.8, 4) is 0 Å². The number of nitrogens with one attached hydrogen (secondary N) is 1. The maximum atomic E-state index is 11.8. The van der Waals surface area contributed by atoms with Crippen molar-refractivity contribution in [2.45, 2.75) is 19.9 Å². The summed E-state index contributed by atoms with van der Waals surface area (Å²) in [6.45, 7) is 2.10. The molecule has 1 amide bonds. The highest BCUT2D eigenvalue weighted by Gasteiger charge is 2.10. The van der Waals surface area contributed by atoms with Crippen LogP contribution in [0.1, 0.15) is 39.4 Å². The summed E-state index contributed by atoms with van der Waals surface area (Å²) < 4.78 is 5.35. The molecule has 0 radical (unpaired) electrons. The third kappa shape index (κ3) is 3.19. The summed E-state index contributed by atoms with van der Waals surface area (Å²) in [5.41, 5.74) is 0.166. The number of pyridine rings is 1. The van der Waals surface area contributed by atoms with Crippen molar-refractivity contribution in [3.05, 3.63) is 47.4 Å². The van der Waals surface area contributed by atoms with E-state index in [4.69, 9.17) is 9.52 Å². The van der Waals surface area contributed by atoms with Crippen molar-refractivity contribution in [1.82, 2.24) is 15.3 Å². The van der Waals surface area contributed by atoms with E-state index in [1.807, 2.05) is 6.92 Å². The van der Waals surface area contributed by atoms with Crippen molar-refractivity contribution < 1.29 is 19.1 Å². The number of aryl methyl sites for hydroxylation is 1. The molecule has 0 aliphatic rings. The molecule has 2 N–H and O–H groups in total. The SMILES string of the molecule is CCc1cnc(CNC(=O)c2ccc(C(=O)O)cn2)o1. The van der Waals surface area contributed by atoms with E-state index in [1.54, 1.807) is 6.20 Å². The molecule has 0 bridgehead atoms. The number of amides is 1. The number of aromatic carboxylic acids is 1. The second kappa shape index (κ2) is 5.96. The first kappa shape index (κ1) is 13.7. The number of carboxylic acids is 1. The van der Waals surface area contributed by atoms with Crippen LogP contribution in [-0.2, 0) is 13.0 Å². The monoisotopic (exact) mass is 275 g/mol. The van der Waals surface area contributed by atoms with Crippen molar-refractivity contribution in [2.24, 2.45) is 0 Å². The fourth-order valence-electron chi connectivity index (χ4n) is 1.49. The highest BCUT2D eigenvalue weighted by atomic mass is 16.4. The molecule has 7 nitrogen and oxygen atoms in total. The minimum atomic E-state index is -1.09. The molecule has 0 aliphatic heterocycles. The molecule has 0 atom stereocenters. The lowest BCUT2D eigenvalue weighted by Crippen LogP contribution is -2.24. The summed E-state index contributed by atoms with van der Waals surface area (Å²) in [5, 5.41) is 11.3. The lowest BCUT2D eigenvalue weighted by Gasteiger charge is -2.02. The predicted octanol–water partition coefficient (Wildman–Crippen LogP) is 1.26. The Balaban J connectivity index is 1.96. The normalized spacial score (nSPS) is 10.2. The number of hydrogen-bond donors (Lipinski definition) is 2. The molecular formula is C13H13N3O4. The van der Waals surface area contributed by atoms with Crippen LogP contribution < -0.4 is 5.32 Å². The third-order valence-electron chi connectivity index (χ3n) is 2.59. The van der Waals surface area contributed by atoms with Crippen molar-refractivity contribution in [3.63, 3.8) is 0 Å². The van der Waals surface area contributed by atoms with Gasteiger partial charge in [0.1, 0.15) is 11.5 Å². The van der Waals surface area contributed by atoms with Gasteiger partial charge in [-0.15, -0.1) is 0 Å². The Bertz CT molecular complexity index is 619. The maximum absolute atomic E-state index is 11.8. The zero-order chi connectivity index (χ0) is 14.5. The van der Waals surface area contributed by atoms with Gasteiger partial charge in [0.25, 0.3) is 5.91 Å². The summed E-state index contributed by atoms with van der Waals surface area (Å²) in [6.07, 6.45) is 3.48. The van der Waals surface area contributed by atoms with Crippen LogP contribution in [-0.4, -0.2) is 27.0 Å². The molecule has 0 aromatic carbocycles. The molecule has 104 valence electrons. The van der Waals surface area contributed by atoms with Crippen LogP contribution in [0.2, 0.25) is 0 Å². The van der Waals surface area contributed by atoms with Crippen LogP contribution in [0.3, 0.4) is 0 Å². The van der Waals surface area contributed by atoms with E-state index in [9.17, 15) is 9.59 Å². The lowest BCUT2D eigenvalue weighted by molar-refractivity contribution is 0.0695.